The van der Waals surface area contributed by atoms with Gasteiger partial charge in [0.2, 0.25) is 0 Å². The van der Waals surface area contributed by atoms with E-state index >= 15 is 0 Å². The first-order chi connectivity index (χ1) is 6.56. The number of methoxy groups -OCH3 is 1. The quantitative estimate of drug-likeness (QED) is 0.801. The SMILES string of the molecule is COc1ccc(CC(C)=O)c(Cl)c1Cl. The lowest BCUT2D eigenvalue weighted by Crippen LogP contribution is -1.98. The summed E-state index contributed by atoms with van der Waals surface area (Å²) < 4.78 is 4.98. The number of hydrogen-bond acceptors (Lipinski definition) is 2. The molecule has 0 aliphatic rings. The minimum absolute atomic E-state index is 0.0492. The molecule has 0 N–H and O–H groups in total. The second-order valence-corrected chi connectivity index (χ2v) is 3.69. The van der Waals surface area contributed by atoms with Crippen molar-refractivity contribution in [1.82, 2.24) is 0 Å². The van der Waals surface area contributed by atoms with Crippen LogP contribution in [0.25, 0.3) is 0 Å². The summed E-state index contributed by atoms with van der Waals surface area (Å²) in [7, 11) is 1.52. The van der Waals surface area contributed by atoms with Gasteiger partial charge in [-0.25, -0.2) is 0 Å². The maximum atomic E-state index is 10.9. The van der Waals surface area contributed by atoms with Gasteiger partial charge in [-0.2, -0.15) is 0 Å². The molecule has 0 aliphatic heterocycles. The predicted molar refractivity (Wildman–Crippen MR) is 57.4 cm³/mol. The Hall–Kier alpha value is -0.730. The molecule has 1 aromatic rings. The molecule has 1 rings (SSSR count). The van der Waals surface area contributed by atoms with E-state index in [1.165, 1.54) is 14.0 Å². The second kappa shape index (κ2) is 4.67. The molecule has 0 aromatic heterocycles. The van der Waals surface area contributed by atoms with E-state index in [2.05, 4.69) is 0 Å². The number of benzene rings is 1. The van der Waals surface area contributed by atoms with Gasteiger partial charge in [0.15, 0.2) is 0 Å². The Labute approximate surface area is 92.8 Å². The van der Waals surface area contributed by atoms with Crippen LogP contribution in [0, 0.1) is 0 Å². The van der Waals surface area contributed by atoms with Crippen molar-refractivity contribution in [3.05, 3.63) is 27.7 Å². The minimum Gasteiger partial charge on any atom is -0.495 e. The monoisotopic (exact) mass is 232 g/mol. The zero-order valence-electron chi connectivity index (χ0n) is 7.93. The van der Waals surface area contributed by atoms with Crippen molar-refractivity contribution in [1.29, 1.82) is 0 Å². The van der Waals surface area contributed by atoms with Gasteiger partial charge in [0.25, 0.3) is 0 Å². The van der Waals surface area contributed by atoms with Crippen molar-refractivity contribution in [3.8, 4) is 5.75 Å². The van der Waals surface area contributed by atoms with E-state index in [-0.39, 0.29) is 5.78 Å². The van der Waals surface area contributed by atoms with Crippen molar-refractivity contribution in [2.24, 2.45) is 0 Å². The van der Waals surface area contributed by atoms with Gasteiger partial charge in [-0.3, -0.25) is 4.79 Å². The van der Waals surface area contributed by atoms with Crippen molar-refractivity contribution < 1.29 is 9.53 Å². The Kier molecular flexibility index (Phi) is 3.78. The molecule has 1 aromatic carbocycles. The van der Waals surface area contributed by atoms with Gasteiger partial charge in [-0.1, -0.05) is 29.3 Å². The molecule has 0 atom stereocenters. The van der Waals surface area contributed by atoms with Crippen molar-refractivity contribution in [2.45, 2.75) is 13.3 Å². The van der Waals surface area contributed by atoms with Crippen LogP contribution in [0.2, 0.25) is 10.0 Å². The van der Waals surface area contributed by atoms with Crippen LogP contribution in [0.1, 0.15) is 12.5 Å². The van der Waals surface area contributed by atoms with Crippen LogP contribution in [-0.4, -0.2) is 12.9 Å². The van der Waals surface area contributed by atoms with E-state index < -0.39 is 0 Å². The average Bonchev–Trinajstić information content (AvgIpc) is 2.13. The van der Waals surface area contributed by atoms with E-state index in [0.717, 1.165) is 5.56 Å². The van der Waals surface area contributed by atoms with E-state index in [0.29, 0.717) is 22.2 Å². The topological polar surface area (TPSA) is 26.3 Å². The number of ketones is 1. The Morgan fingerprint density at radius 1 is 1.36 bits per heavy atom. The second-order valence-electron chi connectivity index (χ2n) is 2.93. The summed E-state index contributed by atoms with van der Waals surface area (Å²) in [4.78, 5) is 10.9. The molecule has 0 fully saturated rings. The lowest BCUT2D eigenvalue weighted by atomic mass is 10.1. The zero-order valence-corrected chi connectivity index (χ0v) is 9.45. The third-order valence-corrected chi connectivity index (χ3v) is 2.69. The molecule has 0 radical (unpaired) electrons. The fourth-order valence-corrected chi connectivity index (χ4v) is 1.62. The molecule has 0 spiro atoms. The lowest BCUT2D eigenvalue weighted by Gasteiger charge is -2.08. The highest BCUT2D eigenvalue weighted by Crippen LogP contribution is 2.34. The van der Waals surface area contributed by atoms with Gasteiger partial charge in [0.05, 0.1) is 12.1 Å². The lowest BCUT2D eigenvalue weighted by molar-refractivity contribution is -0.116. The van der Waals surface area contributed by atoms with Gasteiger partial charge in [0.1, 0.15) is 16.6 Å². The van der Waals surface area contributed by atoms with Crippen LogP contribution in [0.4, 0.5) is 0 Å². The smallest absolute Gasteiger partial charge is 0.138 e. The Bertz CT molecular complexity index is 361. The average molecular weight is 233 g/mol. The predicted octanol–water partition coefficient (Wildman–Crippen LogP) is 3.13. The number of carbonyl (C=O) groups is 1. The van der Waals surface area contributed by atoms with Gasteiger partial charge < -0.3 is 4.74 Å². The van der Waals surface area contributed by atoms with Gasteiger partial charge in [-0.05, 0) is 18.6 Å². The Morgan fingerprint density at radius 3 is 2.50 bits per heavy atom. The molecule has 0 saturated heterocycles. The molecule has 4 heteroatoms. The van der Waals surface area contributed by atoms with Crippen LogP contribution >= 0.6 is 23.2 Å². The number of rotatable bonds is 3. The summed E-state index contributed by atoms with van der Waals surface area (Å²) in [5.41, 5.74) is 0.727. The number of halogens is 2. The van der Waals surface area contributed by atoms with Gasteiger partial charge >= 0.3 is 0 Å². The van der Waals surface area contributed by atoms with E-state index in [4.69, 9.17) is 27.9 Å². The fraction of sp³-hybridized carbons (Fsp3) is 0.300. The summed E-state index contributed by atoms with van der Waals surface area (Å²) in [6, 6.07) is 3.45. The summed E-state index contributed by atoms with van der Waals surface area (Å²) in [5, 5.41) is 0.745. The van der Waals surface area contributed by atoms with Crippen molar-refractivity contribution in [2.75, 3.05) is 7.11 Å². The first-order valence-corrected chi connectivity index (χ1v) is 4.82. The molecule has 0 unspecified atom stereocenters. The maximum Gasteiger partial charge on any atom is 0.138 e. The molecular weight excluding hydrogens is 223 g/mol. The van der Waals surface area contributed by atoms with Gasteiger partial charge in [-0.15, -0.1) is 0 Å². The molecule has 0 bridgehead atoms. The van der Waals surface area contributed by atoms with Crippen molar-refractivity contribution >= 4 is 29.0 Å². The van der Waals surface area contributed by atoms with Crippen LogP contribution in [0.5, 0.6) is 5.75 Å². The van der Waals surface area contributed by atoms with Crippen LogP contribution in [-0.2, 0) is 11.2 Å². The molecule has 14 heavy (non-hydrogen) atoms. The first kappa shape index (κ1) is 11.3. The number of ether oxygens (including phenoxy) is 1. The number of carbonyl (C=O) groups excluding carboxylic acids is 1. The maximum absolute atomic E-state index is 10.9. The summed E-state index contributed by atoms with van der Waals surface area (Å²) in [5.74, 6) is 0.567. The molecule has 76 valence electrons. The zero-order chi connectivity index (χ0) is 10.7. The van der Waals surface area contributed by atoms with Crippen LogP contribution < -0.4 is 4.74 Å². The largest absolute Gasteiger partial charge is 0.495 e. The molecule has 0 aliphatic carbocycles. The molecule has 0 saturated carbocycles. The third-order valence-electron chi connectivity index (χ3n) is 1.79. The normalized spacial score (nSPS) is 10.0. The summed E-state index contributed by atoms with van der Waals surface area (Å²) in [6.45, 7) is 1.51. The third kappa shape index (κ3) is 2.40. The van der Waals surface area contributed by atoms with E-state index in [9.17, 15) is 4.79 Å². The molecule has 0 amide bonds. The van der Waals surface area contributed by atoms with Gasteiger partial charge in [0, 0.05) is 6.42 Å². The fourth-order valence-electron chi connectivity index (χ4n) is 1.13. The summed E-state index contributed by atoms with van der Waals surface area (Å²) in [6.07, 6.45) is 0.294. The Balaban J connectivity index is 3.10. The molecule has 2 nitrogen and oxygen atoms in total. The van der Waals surface area contributed by atoms with Crippen molar-refractivity contribution in [3.63, 3.8) is 0 Å². The minimum atomic E-state index is 0.0492. The van der Waals surface area contributed by atoms with Crippen LogP contribution in [0.15, 0.2) is 12.1 Å². The summed E-state index contributed by atoms with van der Waals surface area (Å²) >= 11 is 11.9. The van der Waals surface area contributed by atoms with E-state index in [1.807, 2.05) is 0 Å². The number of hydrogen-bond donors (Lipinski definition) is 0. The standard InChI is InChI=1S/C10H10Cl2O2/c1-6(13)5-7-3-4-8(14-2)10(12)9(7)11/h3-4H,5H2,1-2H3. The van der Waals surface area contributed by atoms with Crippen LogP contribution in [0.3, 0.4) is 0 Å². The molecular formula is C10H10Cl2O2. The number of Topliss-reactive ketones (excluding diaryl/α,β-unsaturated/α-hetero) is 1. The highest BCUT2D eigenvalue weighted by Gasteiger charge is 2.11. The molecule has 0 heterocycles. The first-order valence-electron chi connectivity index (χ1n) is 4.06. The highest BCUT2D eigenvalue weighted by molar-refractivity contribution is 6.43. The Morgan fingerprint density at radius 2 is 2.00 bits per heavy atom. The highest BCUT2D eigenvalue weighted by atomic mass is 35.5. The van der Waals surface area contributed by atoms with E-state index in [1.54, 1.807) is 12.1 Å².